The minimum Gasteiger partial charge on any atom is -0.427 e. The van der Waals surface area contributed by atoms with Crippen molar-refractivity contribution in [2.75, 3.05) is 0 Å². The van der Waals surface area contributed by atoms with Crippen LogP contribution < -0.4 is 4.74 Å². The van der Waals surface area contributed by atoms with E-state index in [-0.39, 0.29) is 0 Å². The van der Waals surface area contributed by atoms with Gasteiger partial charge in [-0.05, 0) is 12.1 Å². The molecule has 0 spiro atoms. The number of hydrogen-bond donors (Lipinski definition) is 0. The molecule has 1 aromatic rings. The van der Waals surface area contributed by atoms with Crippen molar-refractivity contribution in [3.8, 4) is 5.75 Å². The predicted octanol–water partition coefficient (Wildman–Crippen LogP) is 1.64. The fraction of sp³-hybridized carbons (Fsp3) is 0.250. The molecule has 0 bridgehead atoms. The Morgan fingerprint density at radius 2 is 2.27 bits per heavy atom. The quantitative estimate of drug-likeness (QED) is 0.606. The fourth-order valence-corrected chi connectivity index (χ4v) is 0.472. The number of nitrogens with zero attached hydrogens (tertiary/aromatic N) is 1. The topological polar surface area (TPSA) is 39.2 Å². The maximum Gasteiger partial charge on any atom is 0.298 e. The molecule has 0 amide bonds. The van der Waals surface area contributed by atoms with Gasteiger partial charge in [0.15, 0.2) is 0 Å². The van der Waals surface area contributed by atoms with Gasteiger partial charge in [0, 0.05) is 6.20 Å². The largest absolute Gasteiger partial charge is 0.427 e. The van der Waals surface area contributed by atoms with Crippen molar-refractivity contribution in [1.29, 1.82) is 0 Å². The number of rotatable bonds is 2. The molecule has 60 valence electrons. The second kappa shape index (κ2) is 6.74. The lowest BCUT2D eigenvalue weighted by Crippen LogP contribution is -1.87. The Balaban J connectivity index is 0.000000461. The predicted molar refractivity (Wildman–Crippen MR) is 42.3 cm³/mol. The number of ether oxygens (including phenoxy) is 1. The van der Waals surface area contributed by atoms with Crippen LogP contribution in [-0.2, 0) is 4.79 Å². The summed E-state index contributed by atoms with van der Waals surface area (Å²) in [6.07, 6.45) is 3.08. The summed E-state index contributed by atoms with van der Waals surface area (Å²) in [6.45, 7) is 4.37. The molecule has 0 saturated carbocycles. The zero-order chi connectivity index (χ0) is 8.53. The van der Waals surface area contributed by atoms with Crippen molar-refractivity contribution in [2.24, 2.45) is 0 Å². The third-order valence-electron chi connectivity index (χ3n) is 0.819. The molecule has 0 radical (unpaired) electrons. The van der Waals surface area contributed by atoms with Gasteiger partial charge in [0.2, 0.25) is 0 Å². The Morgan fingerprint density at radius 1 is 1.55 bits per heavy atom. The number of carbonyl (C=O) groups excluding carboxylic acids is 1. The molecule has 0 saturated heterocycles. The molecule has 0 atom stereocenters. The first-order chi connectivity index (χ1) is 5.43. The van der Waals surface area contributed by atoms with Gasteiger partial charge in [0.1, 0.15) is 5.75 Å². The second-order valence-electron chi connectivity index (χ2n) is 1.40. The highest BCUT2D eigenvalue weighted by Gasteiger charge is 1.85. The van der Waals surface area contributed by atoms with Crippen LogP contribution in [0.1, 0.15) is 13.8 Å². The highest BCUT2D eigenvalue weighted by molar-refractivity contribution is 5.43. The normalized spacial score (nSPS) is 7.45. The lowest BCUT2D eigenvalue weighted by molar-refractivity contribution is -0.120. The van der Waals surface area contributed by atoms with Crippen LogP contribution in [0.25, 0.3) is 0 Å². The summed E-state index contributed by atoms with van der Waals surface area (Å²) in [5.41, 5.74) is 0. The SMILES string of the molecule is CC.O=COc1cccnc1. The second-order valence-corrected chi connectivity index (χ2v) is 1.40. The molecular formula is C8H11NO2. The molecule has 0 fully saturated rings. The molecule has 0 N–H and O–H groups in total. The first kappa shape index (κ1) is 9.62. The van der Waals surface area contributed by atoms with Crippen LogP contribution >= 0.6 is 0 Å². The van der Waals surface area contributed by atoms with Crippen LogP contribution in [0.3, 0.4) is 0 Å². The Bertz CT molecular complexity index is 187. The summed E-state index contributed by atoms with van der Waals surface area (Å²) in [7, 11) is 0. The Morgan fingerprint density at radius 3 is 2.73 bits per heavy atom. The number of pyridine rings is 1. The summed E-state index contributed by atoms with van der Waals surface area (Å²) in [5.74, 6) is 0.465. The molecule has 1 heterocycles. The van der Waals surface area contributed by atoms with Crippen molar-refractivity contribution in [1.82, 2.24) is 4.98 Å². The molecule has 0 unspecified atom stereocenters. The summed E-state index contributed by atoms with van der Waals surface area (Å²) < 4.78 is 4.46. The van der Waals surface area contributed by atoms with Crippen LogP contribution in [0.5, 0.6) is 5.75 Å². The van der Waals surface area contributed by atoms with E-state index in [0.29, 0.717) is 12.2 Å². The molecule has 1 rings (SSSR count). The minimum atomic E-state index is 0.372. The molecule has 0 aliphatic rings. The van der Waals surface area contributed by atoms with E-state index in [9.17, 15) is 4.79 Å². The summed E-state index contributed by atoms with van der Waals surface area (Å²) in [4.78, 5) is 13.4. The van der Waals surface area contributed by atoms with Gasteiger partial charge in [-0.2, -0.15) is 0 Å². The van der Waals surface area contributed by atoms with E-state index in [4.69, 9.17) is 0 Å². The van der Waals surface area contributed by atoms with Gasteiger partial charge in [-0.3, -0.25) is 9.78 Å². The third kappa shape index (κ3) is 4.08. The zero-order valence-corrected chi connectivity index (χ0v) is 6.65. The van der Waals surface area contributed by atoms with Gasteiger partial charge in [0.25, 0.3) is 6.47 Å². The van der Waals surface area contributed by atoms with Crippen molar-refractivity contribution < 1.29 is 9.53 Å². The van der Waals surface area contributed by atoms with E-state index in [1.165, 1.54) is 6.20 Å². The average molecular weight is 153 g/mol. The number of hydrogen-bond acceptors (Lipinski definition) is 3. The molecule has 0 aliphatic heterocycles. The zero-order valence-electron chi connectivity index (χ0n) is 6.65. The molecule has 0 aliphatic carbocycles. The van der Waals surface area contributed by atoms with Gasteiger partial charge in [-0.1, -0.05) is 13.8 Å². The standard InChI is InChI=1S/C6H5NO2.C2H6/c8-5-9-6-2-1-3-7-4-6;1-2/h1-5H;1-2H3. The van der Waals surface area contributed by atoms with Crippen molar-refractivity contribution in [3.63, 3.8) is 0 Å². The Kier molecular flexibility index (Phi) is 5.89. The van der Waals surface area contributed by atoms with Gasteiger partial charge in [0.05, 0.1) is 6.20 Å². The number of carbonyl (C=O) groups is 1. The van der Waals surface area contributed by atoms with Gasteiger partial charge < -0.3 is 4.74 Å². The average Bonchev–Trinajstić information content (AvgIpc) is 2.11. The lowest BCUT2D eigenvalue weighted by Gasteiger charge is -1.91. The van der Waals surface area contributed by atoms with Crippen molar-refractivity contribution in [3.05, 3.63) is 24.5 Å². The van der Waals surface area contributed by atoms with Crippen LogP contribution in [0.2, 0.25) is 0 Å². The maximum absolute atomic E-state index is 9.72. The van der Waals surface area contributed by atoms with E-state index in [1.807, 2.05) is 13.8 Å². The Hall–Kier alpha value is -1.38. The molecule has 0 aromatic carbocycles. The first-order valence-electron chi connectivity index (χ1n) is 3.44. The van der Waals surface area contributed by atoms with E-state index in [2.05, 4.69) is 9.72 Å². The van der Waals surface area contributed by atoms with Crippen LogP contribution in [0.15, 0.2) is 24.5 Å². The smallest absolute Gasteiger partial charge is 0.298 e. The summed E-state index contributed by atoms with van der Waals surface area (Å²) in [5, 5.41) is 0. The highest BCUT2D eigenvalue weighted by Crippen LogP contribution is 2.03. The number of aromatic nitrogens is 1. The highest BCUT2D eigenvalue weighted by atomic mass is 16.5. The van der Waals surface area contributed by atoms with E-state index >= 15 is 0 Å². The van der Waals surface area contributed by atoms with Crippen molar-refractivity contribution >= 4 is 6.47 Å². The minimum absolute atomic E-state index is 0.372. The molecule has 1 aromatic heterocycles. The summed E-state index contributed by atoms with van der Waals surface area (Å²) >= 11 is 0. The fourth-order valence-electron chi connectivity index (χ4n) is 0.472. The monoisotopic (exact) mass is 153 g/mol. The molecule has 3 heteroatoms. The van der Waals surface area contributed by atoms with Crippen molar-refractivity contribution in [2.45, 2.75) is 13.8 Å². The Labute approximate surface area is 66.0 Å². The van der Waals surface area contributed by atoms with Crippen LogP contribution in [-0.4, -0.2) is 11.5 Å². The summed E-state index contributed by atoms with van der Waals surface area (Å²) in [6, 6.07) is 3.35. The van der Waals surface area contributed by atoms with Gasteiger partial charge >= 0.3 is 0 Å². The van der Waals surface area contributed by atoms with Gasteiger partial charge in [-0.15, -0.1) is 0 Å². The molecule has 3 nitrogen and oxygen atoms in total. The molecule has 11 heavy (non-hydrogen) atoms. The maximum atomic E-state index is 9.72. The van der Waals surface area contributed by atoms with E-state index in [1.54, 1.807) is 18.3 Å². The lowest BCUT2D eigenvalue weighted by atomic mass is 10.5. The van der Waals surface area contributed by atoms with Gasteiger partial charge in [-0.25, -0.2) is 0 Å². The van der Waals surface area contributed by atoms with Crippen LogP contribution in [0, 0.1) is 0 Å². The first-order valence-corrected chi connectivity index (χ1v) is 3.44. The van der Waals surface area contributed by atoms with E-state index < -0.39 is 0 Å². The van der Waals surface area contributed by atoms with E-state index in [0.717, 1.165) is 0 Å². The third-order valence-corrected chi connectivity index (χ3v) is 0.819. The van der Waals surface area contributed by atoms with Crippen LogP contribution in [0.4, 0.5) is 0 Å². The molecular weight excluding hydrogens is 142 g/mol.